The van der Waals surface area contributed by atoms with Gasteiger partial charge in [-0.25, -0.2) is 9.59 Å². The summed E-state index contributed by atoms with van der Waals surface area (Å²) in [5.41, 5.74) is 9.58. The van der Waals surface area contributed by atoms with Gasteiger partial charge in [0.05, 0.1) is 0 Å². The minimum Gasteiger partial charge on any atom is -0.442 e. The zero-order valence-corrected chi connectivity index (χ0v) is 6.80. The second-order valence-corrected chi connectivity index (χ2v) is 2.57. The van der Waals surface area contributed by atoms with Gasteiger partial charge in [0, 0.05) is 6.42 Å². The van der Waals surface area contributed by atoms with E-state index in [2.05, 4.69) is 9.47 Å². The Labute approximate surface area is 74.5 Å². The van der Waals surface area contributed by atoms with E-state index in [4.69, 9.17) is 11.5 Å². The predicted molar refractivity (Wildman–Crippen MR) is 42.7 cm³/mol. The third kappa shape index (κ3) is 3.02. The maximum Gasteiger partial charge on any atom is 0.405 e. The van der Waals surface area contributed by atoms with Gasteiger partial charge in [-0.3, -0.25) is 0 Å². The predicted octanol–water partition coefficient (Wildman–Crippen LogP) is -0.126. The fourth-order valence-electron chi connectivity index (χ4n) is 1.11. The minimum absolute atomic E-state index is 0.367. The van der Waals surface area contributed by atoms with Gasteiger partial charge in [0.15, 0.2) is 0 Å². The lowest BCUT2D eigenvalue weighted by Crippen LogP contribution is -2.24. The second-order valence-electron chi connectivity index (χ2n) is 2.57. The first-order chi connectivity index (χ1) is 6.08. The number of hydrogen-bond acceptors (Lipinski definition) is 4. The van der Waals surface area contributed by atoms with Crippen molar-refractivity contribution in [2.24, 2.45) is 11.5 Å². The molecule has 0 saturated heterocycles. The van der Waals surface area contributed by atoms with Crippen molar-refractivity contribution >= 4 is 12.2 Å². The van der Waals surface area contributed by atoms with Crippen LogP contribution in [0.3, 0.4) is 0 Å². The average molecular weight is 186 g/mol. The van der Waals surface area contributed by atoms with Crippen molar-refractivity contribution in [2.45, 2.75) is 18.6 Å². The summed E-state index contributed by atoms with van der Waals surface area (Å²) in [7, 11) is 0. The molecule has 6 nitrogen and oxygen atoms in total. The van der Waals surface area contributed by atoms with E-state index in [9.17, 15) is 9.59 Å². The van der Waals surface area contributed by atoms with E-state index in [1.54, 1.807) is 12.2 Å². The first-order valence-corrected chi connectivity index (χ1v) is 3.68. The Kier molecular flexibility index (Phi) is 2.73. The number of ether oxygens (including phenoxy) is 2. The van der Waals surface area contributed by atoms with Gasteiger partial charge < -0.3 is 20.9 Å². The van der Waals surface area contributed by atoms with E-state index in [-0.39, 0.29) is 0 Å². The molecule has 0 unspecified atom stereocenters. The summed E-state index contributed by atoms with van der Waals surface area (Å²) in [5, 5.41) is 0. The van der Waals surface area contributed by atoms with Crippen molar-refractivity contribution in [2.75, 3.05) is 0 Å². The molecule has 2 amide bonds. The SMILES string of the molecule is NC(=O)O[C@@H]1C=C[C@H](OC(N)=O)C1. The number of primary amides is 2. The van der Waals surface area contributed by atoms with Gasteiger partial charge in [0.1, 0.15) is 12.2 Å². The molecule has 0 heterocycles. The van der Waals surface area contributed by atoms with Gasteiger partial charge in [-0.15, -0.1) is 0 Å². The minimum atomic E-state index is -0.852. The highest BCUT2D eigenvalue weighted by atomic mass is 16.6. The zero-order chi connectivity index (χ0) is 9.84. The van der Waals surface area contributed by atoms with Gasteiger partial charge >= 0.3 is 12.2 Å². The standard InChI is InChI=1S/C7H10N2O4/c8-6(10)12-4-1-2-5(3-4)13-7(9)11/h1-2,4-5H,3H2,(H2,8,10)(H2,9,11)/t4-,5+. The maximum atomic E-state index is 10.3. The van der Waals surface area contributed by atoms with Gasteiger partial charge in [-0.1, -0.05) is 0 Å². The summed E-state index contributed by atoms with van der Waals surface area (Å²) in [5.74, 6) is 0. The van der Waals surface area contributed by atoms with Crippen molar-refractivity contribution in [1.82, 2.24) is 0 Å². The number of hydrogen-bond donors (Lipinski definition) is 2. The maximum absolute atomic E-state index is 10.3. The topological polar surface area (TPSA) is 105 Å². The number of amides is 2. The second kappa shape index (κ2) is 3.79. The van der Waals surface area contributed by atoms with E-state index < -0.39 is 24.4 Å². The number of carbonyl (C=O) groups is 2. The van der Waals surface area contributed by atoms with E-state index in [1.165, 1.54) is 0 Å². The van der Waals surface area contributed by atoms with Crippen LogP contribution in [-0.2, 0) is 9.47 Å². The van der Waals surface area contributed by atoms with Crippen LogP contribution in [0.1, 0.15) is 6.42 Å². The molecule has 0 radical (unpaired) electrons. The van der Waals surface area contributed by atoms with Crippen LogP contribution in [0.25, 0.3) is 0 Å². The molecule has 0 saturated carbocycles. The van der Waals surface area contributed by atoms with Crippen LogP contribution in [0.15, 0.2) is 12.2 Å². The van der Waals surface area contributed by atoms with Crippen molar-refractivity contribution in [1.29, 1.82) is 0 Å². The molecule has 0 spiro atoms. The molecule has 0 aliphatic heterocycles. The number of nitrogens with two attached hydrogens (primary N) is 2. The largest absolute Gasteiger partial charge is 0.442 e. The van der Waals surface area contributed by atoms with Crippen molar-refractivity contribution < 1.29 is 19.1 Å². The third-order valence-corrected chi connectivity index (χ3v) is 1.54. The fraction of sp³-hybridized carbons (Fsp3) is 0.429. The molecular formula is C7H10N2O4. The van der Waals surface area contributed by atoms with Crippen LogP contribution in [0, 0.1) is 0 Å². The quantitative estimate of drug-likeness (QED) is 0.586. The van der Waals surface area contributed by atoms with Crippen LogP contribution >= 0.6 is 0 Å². The van der Waals surface area contributed by atoms with E-state index >= 15 is 0 Å². The molecule has 0 fully saturated rings. The molecule has 72 valence electrons. The number of rotatable bonds is 2. The lowest BCUT2D eigenvalue weighted by Gasteiger charge is -2.11. The van der Waals surface area contributed by atoms with Gasteiger partial charge in [0.2, 0.25) is 0 Å². The van der Waals surface area contributed by atoms with E-state index in [1.807, 2.05) is 0 Å². The summed E-state index contributed by atoms with van der Waals surface area (Å²) >= 11 is 0. The van der Waals surface area contributed by atoms with Crippen LogP contribution in [0.4, 0.5) is 9.59 Å². The molecule has 1 aliphatic carbocycles. The fourth-order valence-corrected chi connectivity index (χ4v) is 1.11. The first-order valence-electron chi connectivity index (χ1n) is 3.68. The zero-order valence-electron chi connectivity index (χ0n) is 6.80. The van der Waals surface area contributed by atoms with E-state index in [0.29, 0.717) is 6.42 Å². The highest BCUT2D eigenvalue weighted by Gasteiger charge is 2.23. The molecule has 6 heteroatoms. The van der Waals surface area contributed by atoms with Crippen LogP contribution in [-0.4, -0.2) is 24.4 Å². The Hall–Kier alpha value is -1.72. The summed E-state index contributed by atoms with van der Waals surface area (Å²) in [6.07, 6.45) is 0.996. The Morgan fingerprint density at radius 3 is 1.77 bits per heavy atom. The monoisotopic (exact) mass is 186 g/mol. The smallest absolute Gasteiger partial charge is 0.405 e. The Morgan fingerprint density at radius 1 is 1.08 bits per heavy atom. The summed E-state index contributed by atoms with van der Waals surface area (Å²) < 4.78 is 9.29. The molecular weight excluding hydrogens is 176 g/mol. The van der Waals surface area contributed by atoms with Crippen LogP contribution in [0.5, 0.6) is 0 Å². The summed E-state index contributed by atoms with van der Waals surface area (Å²) in [6.45, 7) is 0. The Bertz CT molecular complexity index is 227. The molecule has 1 aliphatic rings. The average Bonchev–Trinajstić information content (AvgIpc) is 2.33. The molecule has 0 aromatic carbocycles. The normalized spacial score (nSPS) is 25.5. The van der Waals surface area contributed by atoms with Crippen LogP contribution in [0.2, 0.25) is 0 Å². The van der Waals surface area contributed by atoms with Gasteiger partial charge in [0.25, 0.3) is 0 Å². The number of carbonyl (C=O) groups excluding carboxylic acids is 2. The van der Waals surface area contributed by atoms with Gasteiger partial charge in [-0.2, -0.15) is 0 Å². The first kappa shape index (κ1) is 9.37. The van der Waals surface area contributed by atoms with Gasteiger partial charge in [-0.05, 0) is 12.2 Å². The molecule has 2 atom stereocenters. The molecule has 1 rings (SSSR count). The van der Waals surface area contributed by atoms with Crippen LogP contribution < -0.4 is 11.5 Å². The molecule has 0 aromatic rings. The Morgan fingerprint density at radius 2 is 1.46 bits per heavy atom. The van der Waals surface area contributed by atoms with Crippen molar-refractivity contribution in [3.63, 3.8) is 0 Å². The highest BCUT2D eigenvalue weighted by molar-refractivity contribution is 5.66. The molecule has 13 heavy (non-hydrogen) atoms. The summed E-state index contributed by atoms with van der Waals surface area (Å²) in [6, 6.07) is 0. The Balaban J connectivity index is 2.33. The lowest BCUT2D eigenvalue weighted by atomic mass is 10.3. The molecule has 4 N–H and O–H groups in total. The summed E-state index contributed by atoms with van der Waals surface area (Å²) in [4.78, 5) is 20.6. The molecule has 0 aromatic heterocycles. The van der Waals surface area contributed by atoms with E-state index in [0.717, 1.165) is 0 Å². The molecule has 0 bridgehead atoms. The van der Waals surface area contributed by atoms with Crippen molar-refractivity contribution in [3.05, 3.63) is 12.2 Å². The van der Waals surface area contributed by atoms with Crippen molar-refractivity contribution in [3.8, 4) is 0 Å². The highest BCUT2D eigenvalue weighted by Crippen LogP contribution is 2.16. The lowest BCUT2D eigenvalue weighted by molar-refractivity contribution is 0.0917. The third-order valence-electron chi connectivity index (χ3n) is 1.54.